The van der Waals surface area contributed by atoms with Crippen molar-refractivity contribution in [1.29, 1.82) is 0 Å². The van der Waals surface area contributed by atoms with Crippen molar-refractivity contribution in [3.8, 4) is 0 Å². The minimum atomic E-state index is 0.712. The second-order valence-corrected chi connectivity index (χ2v) is 5.47. The lowest BCUT2D eigenvalue weighted by Gasteiger charge is -2.17. The largest absolute Gasteiger partial charge is 0.382 e. The van der Waals surface area contributed by atoms with Crippen LogP contribution >= 0.6 is 0 Å². The number of hydrogen-bond acceptors (Lipinski definition) is 3. The Balaban J connectivity index is 1.40. The Morgan fingerprint density at radius 2 is 1.71 bits per heavy atom. The van der Waals surface area contributed by atoms with Crippen LogP contribution in [0.4, 0.5) is 0 Å². The van der Waals surface area contributed by atoms with Crippen LogP contribution in [-0.2, 0) is 9.47 Å². The lowest BCUT2D eigenvalue weighted by molar-refractivity contribution is 0.0687. The van der Waals surface area contributed by atoms with E-state index in [-0.39, 0.29) is 0 Å². The maximum absolute atomic E-state index is 5.45. The van der Waals surface area contributed by atoms with Gasteiger partial charge in [-0.15, -0.1) is 0 Å². The predicted octanol–water partition coefficient (Wildman–Crippen LogP) is 2.21. The highest BCUT2D eigenvalue weighted by atomic mass is 16.5. The number of unbranched alkanes of at least 4 members (excludes halogenated alkanes) is 1. The first-order valence-corrected chi connectivity index (χ1v) is 7.22. The molecule has 2 fully saturated rings. The number of hydrogen-bond donors (Lipinski definition) is 1. The maximum Gasteiger partial charge on any atom is 0.0700 e. The zero-order valence-corrected chi connectivity index (χ0v) is 11.1. The molecule has 3 nitrogen and oxygen atoms in total. The lowest BCUT2D eigenvalue weighted by Crippen LogP contribution is -2.33. The van der Waals surface area contributed by atoms with Crippen LogP contribution < -0.4 is 5.32 Å². The first kappa shape index (κ1) is 13.3. The van der Waals surface area contributed by atoms with Crippen molar-refractivity contribution >= 4 is 0 Å². The van der Waals surface area contributed by atoms with Gasteiger partial charge in [0, 0.05) is 19.8 Å². The Kier molecular flexibility index (Phi) is 5.75. The summed E-state index contributed by atoms with van der Waals surface area (Å²) in [6, 6.07) is 0.851. The van der Waals surface area contributed by atoms with E-state index in [1.807, 2.05) is 0 Å². The number of nitrogens with one attached hydrogen (secondary N) is 1. The molecule has 0 aromatic rings. The van der Waals surface area contributed by atoms with Crippen molar-refractivity contribution in [1.82, 2.24) is 5.32 Å². The van der Waals surface area contributed by atoms with Gasteiger partial charge in [0.25, 0.3) is 0 Å². The van der Waals surface area contributed by atoms with Crippen molar-refractivity contribution in [3.05, 3.63) is 0 Å². The van der Waals surface area contributed by atoms with E-state index in [9.17, 15) is 0 Å². The molecular formula is C14H27NO2. The van der Waals surface area contributed by atoms with Crippen LogP contribution in [0, 0.1) is 11.8 Å². The van der Waals surface area contributed by atoms with E-state index in [1.165, 1.54) is 45.1 Å². The highest BCUT2D eigenvalue weighted by Gasteiger charge is 2.40. The second-order valence-electron chi connectivity index (χ2n) is 5.47. The van der Waals surface area contributed by atoms with E-state index < -0.39 is 0 Å². The van der Waals surface area contributed by atoms with Gasteiger partial charge in [0.15, 0.2) is 0 Å². The molecule has 0 amide bonds. The molecule has 0 bridgehead atoms. The molecule has 2 rings (SSSR count). The van der Waals surface area contributed by atoms with Gasteiger partial charge in [-0.1, -0.05) is 0 Å². The third-order valence-corrected chi connectivity index (χ3v) is 3.79. The Hall–Kier alpha value is -0.120. The summed E-state index contributed by atoms with van der Waals surface area (Å²) < 4.78 is 10.4. The standard InChI is InChI=1S/C14H27NO2/c1-16-10-11-17-9-3-2-8-15-14(12-4-5-12)13-6-7-13/h12-15H,2-11H2,1H3. The average Bonchev–Trinajstić information content (AvgIpc) is 3.18. The van der Waals surface area contributed by atoms with Gasteiger partial charge in [0.1, 0.15) is 0 Å². The molecule has 0 aromatic heterocycles. The van der Waals surface area contributed by atoms with Gasteiger partial charge < -0.3 is 14.8 Å². The van der Waals surface area contributed by atoms with E-state index in [0.717, 1.165) is 31.1 Å². The number of rotatable bonds is 11. The van der Waals surface area contributed by atoms with E-state index >= 15 is 0 Å². The Labute approximate surface area is 105 Å². The monoisotopic (exact) mass is 241 g/mol. The maximum atomic E-state index is 5.45. The summed E-state index contributed by atoms with van der Waals surface area (Å²) in [6.45, 7) is 3.49. The molecule has 0 atom stereocenters. The van der Waals surface area contributed by atoms with Crippen LogP contribution in [0.1, 0.15) is 38.5 Å². The van der Waals surface area contributed by atoms with Crippen LogP contribution in [-0.4, -0.2) is 39.5 Å². The van der Waals surface area contributed by atoms with Crippen molar-refractivity contribution in [2.45, 2.75) is 44.6 Å². The minimum Gasteiger partial charge on any atom is -0.382 e. The fraction of sp³-hybridized carbons (Fsp3) is 1.00. The van der Waals surface area contributed by atoms with Gasteiger partial charge in [-0.25, -0.2) is 0 Å². The van der Waals surface area contributed by atoms with E-state index in [1.54, 1.807) is 7.11 Å². The van der Waals surface area contributed by atoms with E-state index in [4.69, 9.17) is 9.47 Å². The van der Waals surface area contributed by atoms with E-state index in [0.29, 0.717) is 6.61 Å². The molecule has 2 aliphatic rings. The van der Waals surface area contributed by atoms with Crippen molar-refractivity contribution < 1.29 is 9.47 Å². The molecule has 0 aliphatic heterocycles. The van der Waals surface area contributed by atoms with Gasteiger partial charge in [0.2, 0.25) is 0 Å². The summed E-state index contributed by atoms with van der Waals surface area (Å²) in [5.74, 6) is 2.03. The van der Waals surface area contributed by atoms with Crippen LogP contribution in [0.5, 0.6) is 0 Å². The Morgan fingerprint density at radius 1 is 1.00 bits per heavy atom. The summed E-state index contributed by atoms with van der Waals surface area (Å²) in [5.41, 5.74) is 0. The highest BCUT2D eigenvalue weighted by molar-refractivity contribution is 4.96. The van der Waals surface area contributed by atoms with Gasteiger partial charge >= 0.3 is 0 Å². The second kappa shape index (κ2) is 7.34. The molecule has 0 spiro atoms. The van der Waals surface area contributed by atoms with Gasteiger partial charge in [-0.05, 0) is 56.9 Å². The third-order valence-electron chi connectivity index (χ3n) is 3.79. The first-order chi connectivity index (χ1) is 8.42. The zero-order valence-electron chi connectivity index (χ0n) is 11.1. The molecule has 1 N–H and O–H groups in total. The molecular weight excluding hydrogens is 214 g/mol. The summed E-state index contributed by atoms with van der Waals surface area (Å²) in [4.78, 5) is 0. The van der Waals surface area contributed by atoms with Crippen molar-refractivity contribution in [2.24, 2.45) is 11.8 Å². The lowest BCUT2D eigenvalue weighted by atomic mass is 10.1. The molecule has 0 unspecified atom stereocenters. The van der Waals surface area contributed by atoms with Gasteiger partial charge in [-0.2, -0.15) is 0 Å². The quantitative estimate of drug-likeness (QED) is 0.563. The predicted molar refractivity (Wildman–Crippen MR) is 69.2 cm³/mol. The molecule has 100 valence electrons. The highest BCUT2D eigenvalue weighted by Crippen LogP contribution is 2.44. The van der Waals surface area contributed by atoms with Crippen molar-refractivity contribution in [3.63, 3.8) is 0 Å². The molecule has 0 radical (unpaired) electrons. The van der Waals surface area contributed by atoms with Crippen LogP contribution in [0.2, 0.25) is 0 Å². The Bertz CT molecular complexity index is 190. The SMILES string of the molecule is COCCOCCCCNC(C1CC1)C1CC1. The molecule has 0 aromatic carbocycles. The number of methoxy groups -OCH3 is 1. The molecule has 2 aliphatic carbocycles. The minimum absolute atomic E-state index is 0.712. The van der Waals surface area contributed by atoms with Crippen LogP contribution in [0.25, 0.3) is 0 Å². The summed E-state index contributed by atoms with van der Waals surface area (Å²) in [5, 5.41) is 3.77. The van der Waals surface area contributed by atoms with Crippen LogP contribution in [0.3, 0.4) is 0 Å². The van der Waals surface area contributed by atoms with Gasteiger partial charge in [0.05, 0.1) is 13.2 Å². The summed E-state index contributed by atoms with van der Waals surface area (Å²) >= 11 is 0. The molecule has 17 heavy (non-hydrogen) atoms. The summed E-state index contributed by atoms with van der Waals surface area (Å²) in [7, 11) is 1.71. The topological polar surface area (TPSA) is 30.5 Å². The fourth-order valence-corrected chi connectivity index (χ4v) is 2.47. The molecule has 0 saturated heterocycles. The molecule has 2 saturated carbocycles. The normalized spacial score (nSPS) is 20.1. The smallest absolute Gasteiger partial charge is 0.0700 e. The molecule has 3 heteroatoms. The number of ether oxygens (including phenoxy) is 2. The zero-order chi connectivity index (χ0) is 11.9. The van der Waals surface area contributed by atoms with Gasteiger partial charge in [-0.3, -0.25) is 0 Å². The third kappa shape index (κ3) is 5.36. The summed E-state index contributed by atoms with van der Waals surface area (Å²) in [6.07, 6.45) is 8.27. The molecule has 0 heterocycles. The fourth-order valence-electron chi connectivity index (χ4n) is 2.47. The Morgan fingerprint density at radius 3 is 2.29 bits per heavy atom. The van der Waals surface area contributed by atoms with Crippen molar-refractivity contribution in [2.75, 3.05) is 33.5 Å². The first-order valence-electron chi connectivity index (χ1n) is 7.22. The van der Waals surface area contributed by atoms with E-state index in [2.05, 4.69) is 5.32 Å². The van der Waals surface area contributed by atoms with Crippen LogP contribution in [0.15, 0.2) is 0 Å². The average molecular weight is 241 g/mol.